The molecule has 2 aliphatic carbocycles. The fraction of sp³-hybridized carbons (Fsp3) is 0.625. The fourth-order valence-electron chi connectivity index (χ4n) is 3.48. The minimum atomic E-state index is 0.473. The van der Waals surface area contributed by atoms with Gasteiger partial charge in [0.1, 0.15) is 0 Å². The Morgan fingerprint density at radius 2 is 2.11 bits per heavy atom. The van der Waals surface area contributed by atoms with Gasteiger partial charge in [-0.2, -0.15) is 0 Å². The summed E-state index contributed by atoms with van der Waals surface area (Å²) >= 11 is 0. The second-order valence-electron chi connectivity index (χ2n) is 5.83. The number of benzene rings is 1. The molecule has 1 fully saturated rings. The van der Waals surface area contributed by atoms with Crippen LogP contribution in [-0.4, -0.2) is 19.3 Å². The summed E-state index contributed by atoms with van der Waals surface area (Å²) in [5.41, 5.74) is 4.46. The monoisotopic (exact) mass is 245 g/mol. The van der Waals surface area contributed by atoms with Crippen molar-refractivity contribution in [1.29, 1.82) is 0 Å². The largest absolute Gasteiger partial charge is 0.381 e. The van der Waals surface area contributed by atoms with E-state index < -0.39 is 0 Å². The van der Waals surface area contributed by atoms with Crippen LogP contribution in [0.3, 0.4) is 0 Å². The summed E-state index contributed by atoms with van der Waals surface area (Å²) in [7, 11) is 1.83. The minimum absolute atomic E-state index is 0.473. The molecule has 2 nitrogen and oxygen atoms in total. The van der Waals surface area contributed by atoms with Crippen LogP contribution in [0.1, 0.15) is 48.4 Å². The Morgan fingerprint density at radius 3 is 2.89 bits per heavy atom. The maximum Gasteiger partial charge on any atom is 0.0586 e. The summed E-state index contributed by atoms with van der Waals surface area (Å²) in [6, 6.07) is 8.12. The van der Waals surface area contributed by atoms with Crippen molar-refractivity contribution < 1.29 is 4.74 Å². The van der Waals surface area contributed by atoms with E-state index in [0.29, 0.717) is 18.2 Å². The topological polar surface area (TPSA) is 21.3 Å². The van der Waals surface area contributed by atoms with E-state index in [0.717, 1.165) is 0 Å². The van der Waals surface area contributed by atoms with Gasteiger partial charge in [-0.3, -0.25) is 0 Å². The van der Waals surface area contributed by atoms with Gasteiger partial charge < -0.3 is 10.1 Å². The van der Waals surface area contributed by atoms with Gasteiger partial charge in [0.15, 0.2) is 0 Å². The molecule has 0 amide bonds. The van der Waals surface area contributed by atoms with Crippen molar-refractivity contribution in [2.24, 2.45) is 0 Å². The standard InChI is InChI=1S/C16H23NO/c1-11-3-4-12-5-8-16(15(12)9-11)17-13-6-7-14(10-13)18-2/h3-4,9,13-14,16-17H,5-8,10H2,1-2H3. The number of fused-ring (bicyclic) bond motifs is 1. The first kappa shape index (κ1) is 12.2. The van der Waals surface area contributed by atoms with Crippen molar-refractivity contribution in [1.82, 2.24) is 5.32 Å². The average molecular weight is 245 g/mol. The van der Waals surface area contributed by atoms with E-state index in [1.807, 2.05) is 7.11 Å². The lowest BCUT2D eigenvalue weighted by atomic mass is 10.0. The van der Waals surface area contributed by atoms with Gasteiger partial charge in [0.05, 0.1) is 6.10 Å². The molecular weight excluding hydrogens is 222 g/mol. The van der Waals surface area contributed by atoms with E-state index in [1.165, 1.54) is 43.2 Å². The van der Waals surface area contributed by atoms with Crippen LogP contribution in [0.2, 0.25) is 0 Å². The molecule has 2 aliphatic rings. The summed E-state index contributed by atoms with van der Waals surface area (Å²) in [5, 5.41) is 3.85. The first-order valence-electron chi connectivity index (χ1n) is 7.14. The fourth-order valence-corrected chi connectivity index (χ4v) is 3.48. The van der Waals surface area contributed by atoms with Crippen LogP contribution in [-0.2, 0) is 11.2 Å². The Labute approximate surface area is 110 Å². The molecule has 1 aromatic rings. The van der Waals surface area contributed by atoms with Crippen LogP contribution >= 0.6 is 0 Å². The number of aryl methyl sites for hydroxylation is 2. The van der Waals surface area contributed by atoms with Crippen LogP contribution in [0, 0.1) is 6.92 Å². The summed E-state index contributed by atoms with van der Waals surface area (Å²) < 4.78 is 5.45. The number of methoxy groups -OCH3 is 1. The smallest absolute Gasteiger partial charge is 0.0586 e. The number of nitrogens with one attached hydrogen (secondary N) is 1. The number of ether oxygens (including phenoxy) is 1. The zero-order chi connectivity index (χ0) is 12.5. The van der Waals surface area contributed by atoms with Crippen molar-refractivity contribution >= 4 is 0 Å². The highest BCUT2D eigenvalue weighted by atomic mass is 16.5. The van der Waals surface area contributed by atoms with Gasteiger partial charge in [-0.1, -0.05) is 23.8 Å². The lowest BCUT2D eigenvalue weighted by Gasteiger charge is -2.20. The Balaban J connectivity index is 1.68. The summed E-state index contributed by atoms with van der Waals surface area (Å²) in [5.74, 6) is 0. The molecule has 0 saturated heterocycles. The maximum atomic E-state index is 5.45. The Bertz CT molecular complexity index is 429. The minimum Gasteiger partial charge on any atom is -0.381 e. The van der Waals surface area contributed by atoms with Crippen molar-refractivity contribution in [3.63, 3.8) is 0 Å². The molecule has 98 valence electrons. The molecule has 3 unspecified atom stereocenters. The van der Waals surface area contributed by atoms with Crippen LogP contribution in [0.25, 0.3) is 0 Å². The van der Waals surface area contributed by atoms with Gasteiger partial charge in [-0.15, -0.1) is 0 Å². The number of hydrogen-bond acceptors (Lipinski definition) is 2. The summed E-state index contributed by atoms with van der Waals surface area (Å²) in [6.07, 6.45) is 6.60. The average Bonchev–Trinajstić information content (AvgIpc) is 2.97. The van der Waals surface area contributed by atoms with Crippen LogP contribution in [0.5, 0.6) is 0 Å². The molecule has 0 radical (unpaired) electrons. The SMILES string of the molecule is COC1CCC(NC2CCc3ccc(C)cc32)C1. The number of hydrogen-bond donors (Lipinski definition) is 1. The van der Waals surface area contributed by atoms with Gasteiger partial charge in [0, 0.05) is 19.2 Å². The third kappa shape index (κ3) is 2.32. The molecule has 0 aliphatic heterocycles. The first-order valence-corrected chi connectivity index (χ1v) is 7.14. The third-order valence-electron chi connectivity index (χ3n) is 4.53. The van der Waals surface area contributed by atoms with E-state index in [4.69, 9.17) is 4.74 Å². The molecule has 0 spiro atoms. The molecule has 1 aromatic carbocycles. The number of rotatable bonds is 3. The summed E-state index contributed by atoms with van der Waals surface area (Å²) in [6.45, 7) is 2.19. The molecular formula is C16H23NO. The highest BCUT2D eigenvalue weighted by Gasteiger charge is 2.29. The van der Waals surface area contributed by atoms with Crippen LogP contribution in [0.4, 0.5) is 0 Å². The lowest BCUT2D eigenvalue weighted by molar-refractivity contribution is 0.106. The normalized spacial score (nSPS) is 30.7. The molecule has 3 rings (SSSR count). The lowest BCUT2D eigenvalue weighted by Crippen LogP contribution is -2.30. The van der Waals surface area contributed by atoms with E-state index in [9.17, 15) is 0 Å². The Hall–Kier alpha value is -0.860. The Morgan fingerprint density at radius 1 is 1.22 bits per heavy atom. The van der Waals surface area contributed by atoms with E-state index in [1.54, 1.807) is 5.56 Å². The molecule has 0 heterocycles. The van der Waals surface area contributed by atoms with Gasteiger partial charge in [-0.05, 0) is 50.2 Å². The highest BCUT2D eigenvalue weighted by Crippen LogP contribution is 2.34. The molecule has 0 bridgehead atoms. The molecule has 18 heavy (non-hydrogen) atoms. The first-order chi connectivity index (χ1) is 8.76. The zero-order valence-electron chi connectivity index (χ0n) is 11.4. The van der Waals surface area contributed by atoms with Gasteiger partial charge in [0.25, 0.3) is 0 Å². The quantitative estimate of drug-likeness (QED) is 0.883. The second kappa shape index (κ2) is 5.02. The molecule has 1 N–H and O–H groups in total. The molecule has 3 atom stereocenters. The molecule has 0 aromatic heterocycles. The molecule has 1 saturated carbocycles. The predicted octanol–water partition coefficient (Wildman–Crippen LogP) is 3.14. The van der Waals surface area contributed by atoms with Crippen molar-refractivity contribution in [2.45, 2.75) is 57.2 Å². The maximum absolute atomic E-state index is 5.45. The highest BCUT2D eigenvalue weighted by molar-refractivity contribution is 5.37. The summed E-state index contributed by atoms with van der Waals surface area (Å²) in [4.78, 5) is 0. The van der Waals surface area contributed by atoms with Crippen molar-refractivity contribution in [2.75, 3.05) is 7.11 Å². The third-order valence-corrected chi connectivity index (χ3v) is 4.53. The van der Waals surface area contributed by atoms with E-state index in [2.05, 4.69) is 30.4 Å². The molecule has 2 heteroatoms. The van der Waals surface area contributed by atoms with Crippen molar-refractivity contribution in [3.05, 3.63) is 34.9 Å². The van der Waals surface area contributed by atoms with Crippen molar-refractivity contribution in [3.8, 4) is 0 Å². The van der Waals surface area contributed by atoms with E-state index >= 15 is 0 Å². The zero-order valence-corrected chi connectivity index (χ0v) is 11.4. The van der Waals surface area contributed by atoms with E-state index in [-0.39, 0.29) is 0 Å². The van der Waals surface area contributed by atoms with Crippen LogP contribution < -0.4 is 5.32 Å². The Kier molecular flexibility index (Phi) is 3.40. The second-order valence-corrected chi connectivity index (χ2v) is 5.83. The van der Waals surface area contributed by atoms with Gasteiger partial charge in [-0.25, -0.2) is 0 Å². The predicted molar refractivity (Wildman–Crippen MR) is 73.8 cm³/mol. The van der Waals surface area contributed by atoms with Crippen LogP contribution in [0.15, 0.2) is 18.2 Å². The van der Waals surface area contributed by atoms with Gasteiger partial charge in [0.2, 0.25) is 0 Å². The van der Waals surface area contributed by atoms with Gasteiger partial charge >= 0.3 is 0 Å².